The Hall–Kier alpha value is -4.59. The van der Waals surface area contributed by atoms with Gasteiger partial charge < -0.3 is 24.8 Å². The molecule has 0 aliphatic heterocycles. The van der Waals surface area contributed by atoms with E-state index in [-0.39, 0.29) is 17.9 Å². The van der Waals surface area contributed by atoms with E-state index >= 15 is 0 Å². The van der Waals surface area contributed by atoms with Crippen LogP contribution in [0.2, 0.25) is 0 Å². The molecule has 0 unspecified atom stereocenters. The lowest BCUT2D eigenvalue weighted by Gasteiger charge is -2.15. The monoisotopic (exact) mass is 497 g/mol. The fourth-order valence-electron chi connectivity index (χ4n) is 4.17. The lowest BCUT2D eigenvalue weighted by atomic mass is 10.0. The molecule has 0 saturated heterocycles. The van der Waals surface area contributed by atoms with Crippen molar-refractivity contribution in [3.8, 4) is 28.5 Å². The number of hydrogen-bond donors (Lipinski definition) is 2. The number of para-hydroxylation sites is 1. The Morgan fingerprint density at radius 3 is 2.24 bits per heavy atom. The van der Waals surface area contributed by atoms with Gasteiger partial charge in [-0.15, -0.1) is 0 Å². The number of nitrogens with one attached hydrogen (secondary N) is 2. The second kappa shape index (κ2) is 10.2. The van der Waals surface area contributed by atoms with Crippen LogP contribution >= 0.6 is 0 Å². The average molecular weight is 498 g/mol. The van der Waals surface area contributed by atoms with Crippen LogP contribution < -0.4 is 24.8 Å². The number of nitrogens with zero attached hydrogens (tertiary/aromatic N) is 1. The number of amides is 2. The molecule has 0 atom stereocenters. The maximum absolute atomic E-state index is 13.5. The number of methoxy groups -OCH3 is 3. The minimum Gasteiger partial charge on any atom is -0.493 e. The molecule has 8 heteroatoms. The van der Waals surface area contributed by atoms with Gasteiger partial charge in [0.2, 0.25) is 5.75 Å². The van der Waals surface area contributed by atoms with Gasteiger partial charge >= 0.3 is 0 Å². The van der Waals surface area contributed by atoms with Crippen LogP contribution in [0.1, 0.15) is 33.6 Å². The number of hydrogen-bond acceptors (Lipinski definition) is 6. The molecular weight excluding hydrogens is 470 g/mol. The molecule has 0 spiro atoms. The van der Waals surface area contributed by atoms with Crippen molar-refractivity contribution in [3.63, 3.8) is 0 Å². The van der Waals surface area contributed by atoms with Gasteiger partial charge in [-0.05, 0) is 55.3 Å². The smallest absolute Gasteiger partial charge is 0.256 e. The highest BCUT2D eigenvalue weighted by atomic mass is 16.5. The fourth-order valence-corrected chi connectivity index (χ4v) is 4.17. The summed E-state index contributed by atoms with van der Waals surface area (Å²) >= 11 is 0. The number of carbonyl (C=O) groups is 2. The Morgan fingerprint density at radius 1 is 0.838 bits per heavy atom. The predicted octanol–water partition coefficient (Wildman–Crippen LogP) is 5.07. The van der Waals surface area contributed by atoms with Crippen molar-refractivity contribution in [3.05, 3.63) is 77.9 Å². The van der Waals surface area contributed by atoms with Gasteiger partial charge in [-0.3, -0.25) is 9.59 Å². The van der Waals surface area contributed by atoms with Crippen molar-refractivity contribution >= 4 is 28.4 Å². The van der Waals surface area contributed by atoms with Crippen molar-refractivity contribution < 1.29 is 23.8 Å². The molecule has 2 amide bonds. The largest absolute Gasteiger partial charge is 0.493 e. The summed E-state index contributed by atoms with van der Waals surface area (Å²) in [7, 11) is 4.64. The third-order valence-corrected chi connectivity index (χ3v) is 6.22. The average Bonchev–Trinajstić information content (AvgIpc) is 3.75. The summed E-state index contributed by atoms with van der Waals surface area (Å²) in [6.45, 7) is 0. The van der Waals surface area contributed by atoms with E-state index < -0.39 is 0 Å². The van der Waals surface area contributed by atoms with E-state index in [0.29, 0.717) is 56.2 Å². The Bertz CT molecular complexity index is 1470. The first-order valence-corrected chi connectivity index (χ1v) is 11.9. The summed E-state index contributed by atoms with van der Waals surface area (Å²) in [6.07, 6.45) is 2.01. The minimum absolute atomic E-state index is 0.141. The maximum atomic E-state index is 13.5. The van der Waals surface area contributed by atoms with E-state index in [4.69, 9.17) is 19.2 Å². The summed E-state index contributed by atoms with van der Waals surface area (Å²) in [4.78, 5) is 30.8. The highest BCUT2D eigenvalue weighted by Crippen LogP contribution is 2.41. The molecule has 1 aliphatic rings. The number of rotatable bonds is 8. The van der Waals surface area contributed by atoms with Crippen LogP contribution in [0, 0.1) is 0 Å². The second-order valence-electron chi connectivity index (χ2n) is 8.77. The summed E-state index contributed by atoms with van der Waals surface area (Å²) in [5.41, 5.74) is 3.42. The zero-order chi connectivity index (χ0) is 25.9. The van der Waals surface area contributed by atoms with Gasteiger partial charge in [0.1, 0.15) is 0 Å². The molecule has 1 fully saturated rings. The Kier molecular flexibility index (Phi) is 6.64. The molecule has 0 bridgehead atoms. The third kappa shape index (κ3) is 5.04. The Balaban J connectivity index is 1.52. The van der Waals surface area contributed by atoms with Crippen molar-refractivity contribution in [2.75, 3.05) is 26.6 Å². The SMILES string of the molecule is COc1cc(-c2cc(C(=O)Nc3cccc(C(=O)NC4CC4)c3)c3ccccc3n2)cc(OC)c1OC. The molecule has 1 aromatic heterocycles. The van der Waals surface area contributed by atoms with Gasteiger partial charge in [-0.25, -0.2) is 4.98 Å². The van der Waals surface area contributed by atoms with E-state index in [0.717, 1.165) is 12.8 Å². The van der Waals surface area contributed by atoms with E-state index in [1.165, 1.54) is 0 Å². The van der Waals surface area contributed by atoms with Crippen molar-refractivity contribution in [2.45, 2.75) is 18.9 Å². The predicted molar refractivity (Wildman–Crippen MR) is 142 cm³/mol. The molecular formula is C29H27N3O5. The second-order valence-corrected chi connectivity index (χ2v) is 8.77. The van der Waals surface area contributed by atoms with Gasteiger partial charge in [0, 0.05) is 28.2 Å². The number of aromatic nitrogens is 1. The fraction of sp³-hybridized carbons (Fsp3) is 0.207. The quantitative estimate of drug-likeness (QED) is 0.353. The van der Waals surface area contributed by atoms with E-state index in [2.05, 4.69) is 10.6 Å². The van der Waals surface area contributed by atoms with Crippen LogP contribution in [0.4, 0.5) is 5.69 Å². The van der Waals surface area contributed by atoms with E-state index in [9.17, 15) is 9.59 Å². The van der Waals surface area contributed by atoms with Crippen molar-refractivity contribution in [1.82, 2.24) is 10.3 Å². The van der Waals surface area contributed by atoms with Gasteiger partial charge in [0.15, 0.2) is 11.5 Å². The molecule has 37 heavy (non-hydrogen) atoms. The summed E-state index contributed by atoms with van der Waals surface area (Å²) in [5.74, 6) is 0.987. The first-order valence-electron chi connectivity index (χ1n) is 11.9. The van der Waals surface area contributed by atoms with Crippen LogP contribution in [0.5, 0.6) is 17.2 Å². The van der Waals surface area contributed by atoms with Crippen LogP contribution in [0.15, 0.2) is 66.7 Å². The van der Waals surface area contributed by atoms with Gasteiger partial charge in [0.25, 0.3) is 11.8 Å². The molecule has 0 radical (unpaired) electrons. The van der Waals surface area contributed by atoms with Crippen molar-refractivity contribution in [1.29, 1.82) is 0 Å². The standard InChI is InChI=1S/C29H27N3O5/c1-35-25-14-18(15-26(36-2)27(25)37-3)24-16-22(21-9-4-5-10-23(21)32-24)29(34)31-20-8-6-7-17(13-20)28(33)30-19-11-12-19/h4-10,13-16,19H,11-12H2,1-3H3,(H,30,33)(H,31,34). The van der Waals surface area contributed by atoms with Crippen LogP contribution in [-0.4, -0.2) is 44.2 Å². The number of ether oxygens (including phenoxy) is 3. The minimum atomic E-state index is -0.313. The number of carbonyl (C=O) groups excluding carboxylic acids is 2. The molecule has 188 valence electrons. The van der Waals surface area contributed by atoms with Crippen LogP contribution in [-0.2, 0) is 0 Å². The number of pyridine rings is 1. The van der Waals surface area contributed by atoms with E-state index in [1.54, 1.807) is 63.8 Å². The molecule has 3 aromatic carbocycles. The van der Waals surface area contributed by atoms with Crippen LogP contribution in [0.3, 0.4) is 0 Å². The lowest BCUT2D eigenvalue weighted by molar-refractivity contribution is 0.0949. The highest BCUT2D eigenvalue weighted by Gasteiger charge is 2.24. The summed E-state index contributed by atoms with van der Waals surface area (Å²) < 4.78 is 16.4. The molecule has 1 heterocycles. The first kappa shape index (κ1) is 24.1. The molecule has 4 aromatic rings. The summed E-state index contributed by atoms with van der Waals surface area (Å²) in [5, 5.41) is 6.62. The van der Waals surface area contributed by atoms with Crippen LogP contribution in [0.25, 0.3) is 22.2 Å². The normalized spacial score (nSPS) is 12.6. The topological polar surface area (TPSA) is 98.8 Å². The zero-order valence-corrected chi connectivity index (χ0v) is 20.8. The third-order valence-electron chi connectivity index (χ3n) is 6.22. The highest BCUT2D eigenvalue weighted by molar-refractivity contribution is 6.13. The van der Waals surface area contributed by atoms with Crippen molar-refractivity contribution in [2.24, 2.45) is 0 Å². The summed E-state index contributed by atoms with van der Waals surface area (Å²) in [6, 6.07) is 20.0. The van der Waals surface area contributed by atoms with Gasteiger partial charge in [-0.2, -0.15) is 0 Å². The maximum Gasteiger partial charge on any atom is 0.256 e. The van der Waals surface area contributed by atoms with Gasteiger partial charge in [-0.1, -0.05) is 24.3 Å². The first-order chi connectivity index (χ1) is 18.0. The Labute approximate surface area is 214 Å². The molecule has 1 saturated carbocycles. The number of fused-ring (bicyclic) bond motifs is 1. The molecule has 5 rings (SSSR count). The number of anilines is 1. The molecule has 8 nitrogen and oxygen atoms in total. The zero-order valence-electron chi connectivity index (χ0n) is 20.8. The molecule has 1 aliphatic carbocycles. The van der Waals surface area contributed by atoms with E-state index in [1.807, 2.05) is 24.3 Å². The van der Waals surface area contributed by atoms with Gasteiger partial charge in [0.05, 0.1) is 38.1 Å². The lowest BCUT2D eigenvalue weighted by Crippen LogP contribution is -2.25. The Morgan fingerprint density at radius 2 is 1.57 bits per heavy atom. The number of benzene rings is 3. The molecule has 2 N–H and O–H groups in total.